The Morgan fingerprint density at radius 3 is 2.62 bits per heavy atom. The molecule has 0 atom stereocenters. The largest absolute Gasteiger partial charge is 0.507 e. The van der Waals surface area contributed by atoms with Crippen molar-refractivity contribution < 1.29 is 14.6 Å². The Kier molecular flexibility index (Phi) is 5.78. The number of nitriles is 1. The van der Waals surface area contributed by atoms with Crippen molar-refractivity contribution in [3.8, 4) is 17.6 Å². The van der Waals surface area contributed by atoms with Gasteiger partial charge in [0, 0.05) is 6.07 Å². The molecule has 0 fully saturated rings. The van der Waals surface area contributed by atoms with Gasteiger partial charge in [-0.3, -0.25) is 4.79 Å². The molecule has 1 rings (SSSR count). The van der Waals surface area contributed by atoms with E-state index in [-0.39, 0.29) is 16.9 Å². The van der Waals surface area contributed by atoms with E-state index in [1.165, 1.54) is 13.0 Å². The quantitative estimate of drug-likeness (QED) is 0.611. The smallest absolute Gasteiger partial charge is 0.163 e. The van der Waals surface area contributed by atoms with E-state index in [9.17, 15) is 9.90 Å². The van der Waals surface area contributed by atoms with E-state index < -0.39 is 0 Å². The first kappa shape index (κ1) is 17.0. The van der Waals surface area contributed by atoms with Crippen molar-refractivity contribution in [2.45, 2.75) is 47.0 Å². The lowest BCUT2D eigenvalue weighted by Crippen LogP contribution is -2.10. The van der Waals surface area contributed by atoms with Crippen LogP contribution in [0, 0.1) is 16.7 Å². The zero-order valence-electron chi connectivity index (χ0n) is 13.2. The van der Waals surface area contributed by atoms with Crippen molar-refractivity contribution in [3.63, 3.8) is 0 Å². The minimum Gasteiger partial charge on any atom is -0.507 e. The number of hydrogen-bond acceptors (Lipinski definition) is 4. The zero-order valence-corrected chi connectivity index (χ0v) is 13.2. The molecule has 0 aliphatic carbocycles. The Morgan fingerprint density at radius 2 is 2.10 bits per heavy atom. The van der Waals surface area contributed by atoms with Gasteiger partial charge in [-0.25, -0.2) is 0 Å². The Labute approximate surface area is 126 Å². The fourth-order valence-electron chi connectivity index (χ4n) is 2.06. The summed E-state index contributed by atoms with van der Waals surface area (Å²) in [5, 5.41) is 18.8. The fraction of sp³-hybridized carbons (Fsp3) is 0.529. The fourth-order valence-corrected chi connectivity index (χ4v) is 2.06. The summed E-state index contributed by atoms with van der Waals surface area (Å²) in [7, 11) is 0. The third kappa shape index (κ3) is 4.78. The normalized spacial score (nSPS) is 11.0. The van der Waals surface area contributed by atoms with Gasteiger partial charge in [0.15, 0.2) is 5.78 Å². The second-order valence-corrected chi connectivity index (χ2v) is 5.83. The number of rotatable bonds is 7. The lowest BCUT2D eigenvalue weighted by molar-refractivity contribution is 0.101. The minimum absolute atomic E-state index is 0.0490. The molecule has 4 nitrogen and oxygen atoms in total. The highest BCUT2D eigenvalue weighted by atomic mass is 16.5. The van der Waals surface area contributed by atoms with Gasteiger partial charge in [0.25, 0.3) is 0 Å². The number of Topliss-reactive ketones (excluding diaryl/α,β-unsaturated/α-hetero) is 1. The highest BCUT2D eigenvalue weighted by Gasteiger charge is 2.16. The molecule has 1 aromatic rings. The minimum atomic E-state index is -0.350. The molecular weight excluding hydrogens is 266 g/mol. The monoisotopic (exact) mass is 289 g/mol. The molecule has 1 N–H and O–H groups in total. The van der Waals surface area contributed by atoms with Gasteiger partial charge in [-0.15, -0.1) is 0 Å². The van der Waals surface area contributed by atoms with E-state index >= 15 is 0 Å². The molecule has 4 heteroatoms. The number of aryl methyl sites for hydroxylation is 1. The number of ketones is 1. The predicted molar refractivity (Wildman–Crippen MR) is 81.6 cm³/mol. The summed E-state index contributed by atoms with van der Waals surface area (Å²) in [6.07, 6.45) is 2.24. The molecule has 0 radical (unpaired) electrons. The Bertz CT molecular complexity index is 556. The van der Waals surface area contributed by atoms with E-state index in [1.54, 1.807) is 6.07 Å². The molecule has 114 valence electrons. The summed E-state index contributed by atoms with van der Waals surface area (Å²) in [5.41, 5.74) is 0.875. The third-order valence-electron chi connectivity index (χ3n) is 3.45. The van der Waals surface area contributed by atoms with Gasteiger partial charge in [0.1, 0.15) is 11.5 Å². The van der Waals surface area contributed by atoms with Crippen molar-refractivity contribution >= 4 is 5.78 Å². The van der Waals surface area contributed by atoms with Crippen LogP contribution in [-0.4, -0.2) is 17.5 Å². The molecule has 0 heterocycles. The molecule has 21 heavy (non-hydrogen) atoms. The molecule has 0 saturated heterocycles. The number of carbonyl (C=O) groups excluding carboxylic acids is 1. The molecule has 0 saturated carbocycles. The van der Waals surface area contributed by atoms with Gasteiger partial charge < -0.3 is 9.84 Å². The van der Waals surface area contributed by atoms with Crippen LogP contribution in [0.2, 0.25) is 0 Å². The van der Waals surface area contributed by atoms with Crippen LogP contribution in [0.3, 0.4) is 0 Å². The lowest BCUT2D eigenvalue weighted by atomic mass is 9.90. The highest BCUT2D eigenvalue weighted by molar-refractivity contribution is 5.97. The molecule has 0 spiro atoms. The van der Waals surface area contributed by atoms with Crippen LogP contribution < -0.4 is 4.74 Å². The van der Waals surface area contributed by atoms with Gasteiger partial charge in [-0.05, 0) is 51.7 Å². The number of ether oxygens (including phenoxy) is 1. The molecule has 1 aromatic carbocycles. The number of benzene rings is 1. The summed E-state index contributed by atoms with van der Waals surface area (Å²) in [6.45, 7) is 7.69. The van der Waals surface area contributed by atoms with E-state index in [2.05, 4.69) is 6.07 Å². The molecule has 0 bridgehead atoms. The topological polar surface area (TPSA) is 70.3 Å². The molecule has 0 aliphatic heterocycles. The Balaban J connectivity index is 2.74. The zero-order chi connectivity index (χ0) is 16.0. The van der Waals surface area contributed by atoms with Gasteiger partial charge in [-0.1, -0.05) is 6.92 Å². The molecule has 0 aliphatic rings. The highest BCUT2D eigenvalue weighted by Crippen LogP contribution is 2.30. The van der Waals surface area contributed by atoms with Gasteiger partial charge >= 0.3 is 0 Å². The first-order valence-corrected chi connectivity index (χ1v) is 7.21. The van der Waals surface area contributed by atoms with Crippen molar-refractivity contribution in [1.29, 1.82) is 5.26 Å². The molecule has 0 unspecified atom stereocenters. The molecular formula is C17H23NO3. The number of hydrogen-bond donors (Lipinski definition) is 1. The van der Waals surface area contributed by atoms with Crippen LogP contribution in [0.15, 0.2) is 12.1 Å². The second kappa shape index (κ2) is 7.12. The van der Waals surface area contributed by atoms with E-state index in [0.29, 0.717) is 17.9 Å². The maximum absolute atomic E-state index is 11.4. The number of phenols is 1. The first-order valence-electron chi connectivity index (χ1n) is 7.21. The summed E-state index contributed by atoms with van der Waals surface area (Å²) >= 11 is 0. The van der Waals surface area contributed by atoms with Gasteiger partial charge in [0.05, 0.1) is 23.7 Å². The van der Waals surface area contributed by atoms with Crippen molar-refractivity contribution in [2.24, 2.45) is 5.41 Å². The van der Waals surface area contributed by atoms with Crippen LogP contribution in [-0.2, 0) is 6.42 Å². The van der Waals surface area contributed by atoms with Crippen LogP contribution in [0.25, 0.3) is 0 Å². The van der Waals surface area contributed by atoms with E-state index in [1.807, 2.05) is 20.8 Å². The predicted octanol–water partition coefficient (Wildman–Crippen LogP) is 3.87. The van der Waals surface area contributed by atoms with Crippen LogP contribution >= 0.6 is 0 Å². The number of aromatic hydroxyl groups is 1. The van der Waals surface area contributed by atoms with E-state index in [4.69, 9.17) is 10.00 Å². The Morgan fingerprint density at radius 1 is 1.43 bits per heavy atom. The number of phenolic OH excluding ortho intramolecular Hbond substituents is 1. The number of nitrogens with zero attached hydrogens (tertiary/aromatic N) is 1. The average Bonchev–Trinajstić information content (AvgIpc) is 2.43. The van der Waals surface area contributed by atoms with Crippen molar-refractivity contribution in [1.82, 2.24) is 0 Å². The first-order chi connectivity index (χ1) is 9.80. The summed E-state index contributed by atoms with van der Waals surface area (Å²) in [5.74, 6) is 0.395. The van der Waals surface area contributed by atoms with Crippen molar-refractivity contribution in [2.75, 3.05) is 6.61 Å². The maximum Gasteiger partial charge on any atom is 0.163 e. The van der Waals surface area contributed by atoms with Crippen LogP contribution in [0.1, 0.15) is 56.5 Å². The summed E-state index contributed by atoms with van der Waals surface area (Å²) in [4.78, 5) is 11.4. The SMILES string of the molecule is CCc1cc(C(C)=O)c(O)cc1OCCCC(C)(C)C#N. The molecule has 0 aromatic heterocycles. The summed E-state index contributed by atoms with van der Waals surface area (Å²) < 4.78 is 5.70. The average molecular weight is 289 g/mol. The lowest BCUT2D eigenvalue weighted by Gasteiger charge is -2.16. The van der Waals surface area contributed by atoms with Crippen molar-refractivity contribution in [3.05, 3.63) is 23.3 Å². The number of carbonyl (C=O) groups is 1. The summed E-state index contributed by atoms with van der Waals surface area (Å²) in [6, 6.07) is 5.45. The van der Waals surface area contributed by atoms with E-state index in [0.717, 1.165) is 24.8 Å². The standard InChI is InChI=1S/C17H23NO3/c1-5-13-9-14(12(2)19)15(20)10-16(13)21-8-6-7-17(3,4)11-18/h9-10,20H,5-8H2,1-4H3. The molecule has 0 amide bonds. The second-order valence-electron chi connectivity index (χ2n) is 5.83. The maximum atomic E-state index is 11.4. The van der Waals surface area contributed by atoms with Gasteiger partial charge in [0.2, 0.25) is 0 Å². The van der Waals surface area contributed by atoms with Crippen LogP contribution in [0.5, 0.6) is 11.5 Å². The third-order valence-corrected chi connectivity index (χ3v) is 3.45. The van der Waals surface area contributed by atoms with Crippen LogP contribution in [0.4, 0.5) is 0 Å². The van der Waals surface area contributed by atoms with Gasteiger partial charge in [-0.2, -0.15) is 5.26 Å². The Hall–Kier alpha value is -2.02.